The van der Waals surface area contributed by atoms with Crippen molar-refractivity contribution in [1.82, 2.24) is 5.32 Å². The second-order valence-corrected chi connectivity index (χ2v) is 7.26. The number of para-hydroxylation sites is 4. The fraction of sp³-hybridized carbons (Fsp3) is 0.455. The van der Waals surface area contributed by atoms with Crippen LogP contribution in [0.3, 0.4) is 0 Å². The molecule has 1 fully saturated rings. The van der Waals surface area contributed by atoms with Crippen LogP contribution in [0.25, 0.3) is 0 Å². The quantitative estimate of drug-likeness (QED) is 0.729. The zero-order valence-electron chi connectivity index (χ0n) is 16.7. The minimum atomic E-state index is 0. The molecule has 1 saturated heterocycles. The van der Waals surface area contributed by atoms with Gasteiger partial charge < -0.3 is 24.4 Å². The Kier molecular flexibility index (Phi) is 9.21. The number of nitrogens with zero attached hydrogens (tertiary/aromatic N) is 1. The van der Waals surface area contributed by atoms with Crippen molar-refractivity contribution in [3.8, 4) is 17.2 Å². The third-order valence-corrected chi connectivity index (χ3v) is 5.41. The molecule has 0 amide bonds. The fourth-order valence-corrected chi connectivity index (χ4v) is 3.88. The number of ether oxygens (including phenoxy) is 3. The Labute approximate surface area is 185 Å². The van der Waals surface area contributed by atoms with Gasteiger partial charge in [0.05, 0.1) is 12.8 Å². The Morgan fingerprint density at radius 3 is 2.41 bits per heavy atom. The molecule has 0 saturated carbocycles. The molecule has 0 aromatic heterocycles. The number of benzene rings is 2. The first-order chi connectivity index (χ1) is 13.3. The van der Waals surface area contributed by atoms with Crippen molar-refractivity contribution in [3.05, 3.63) is 48.5 Å². The molecule has 2 heterocycles. The van der Waals surface area contributed by atoms with Crippen molar-refractivity contribution in [1.29, 1.82) is 0 Å². The van der Waals surface area contributed by atoms with Gasteiger partial charge in [0.25, 0.3) is 0 Å². The third kappa shape index (κ3) is 5.84. The summed E-state index contributed by atoms with van der Waals surface area (Å²) < 4.78 is 17.3. The van der Waals surface area contributed by atoms with Crippen LogP contribution in [0.4, 0.5) is 5.69 Å². The Morgan fingerprint density at radius 2 is 1.66 bits per heavy atom. The highest BCUT2D eigenvalue weighted by molar-refractivity contribution is 5.85. The van der Waals surface area contributed by atoms with Gasteiger partial charge in [-0.2, -0.15) is 0 Å². The number of halogens is 2. The van der Waals surface area contributed by atoms with E-state index in [1.807, 2.05) is 36.4 Å². The number of methoxy groups -OCH3 is 1. The standard InChI is InChI=1S/C22H28N2O3.2ClH/c1-25-20-7-3-2-6-19(20)24-12-10-17(11-13-24)14-23-15-18-16-26-21-8-4-5-9-22(21)27-18;;/h2-9,17-18,23H,10-16H2,1H3;2*1H. The van der Waals surface area contributed by atoms with Crippen molar-refractivity contribution in [2.75, 3.05) is 44.8 Å². The van der Waals surface area contributed by atoms with Gasteiger partial charge in [0.2, 0.25) is 0 Å². The van der Waals surface area contributed by atoms with E-state index in [-0.39, 0.29) is 30.9 Å². The fourth-order valence-electron chi connectivity index (χ4n) is 3.88. The van der Waals surface area contributed by atoms with Crippen LogP contribution in [0.1, 0.15) is 12.8 Å². The van der Waals surface area contributed by atoms with Crippen LogP contribution in [0, 0.1) is 5.92 Å². The molecule has 29 heavy (non-hydrogen) atoms. The van der Waals surface area contributed by atoms with E-state index < -0.39 is 0 Å². The number of anilines is 1. The van der Waals surface area contributed by atoms with Crippen LogP contribution < -0.4 is 24.4 Å². The zero-order chi connectivity index (χ0) is 18.5. The lowest BCUT2D eigenvalue weighted by atomic mass is 9.96. The Balaban J connectivity index is 0.00000150. The minimum Gasteiger partial charge on any atom is -0.495 e. The van der Waals surface area contributed by atoms with Gasteiger partial charge in [-0.05, 0) is 49.6 Å². The number of hydrogen-bond acceptors (Lipinski definition) is 5. The highest BCUT2D eigenvalue weighted by Crippen LogP contribution is 2.32. The molecule has 1 unspecified atom stereocenters. The Hall–Kier alpha value is -1.82. The molecule has 4 rings (SSSR count). The summed E-state index contributed by atoms with van der Waals surface area (Å²) in [5.74, 6) is 3.36. The molecule has 2 aliphatic heterocycles. The van der Waals surface area contributed by atoms with E-state index in [4.69, 9.17) is 14.2 Å². The van der Waals surface area contributed by atoms with Crippen molar-refractivity contribution in [2.45, 2.75) is 18.9 Å². The maximum atomic E-state index is 6.01. The van der Waals surface area contributed by atoms with Crippen LogP contribution in [0.15, 0.2) is 48.5 Å². The van der Waals surface area contributed by atoms with Crippen molar-refractivity contribution < 1.29 is 14.2 Å². The van der Waals surface area contributed by atoms with Gasteiger partial charge >= 0.3 is 0 Å². The second kappa shape index (κ2) is 11.4. The molecule has 1 N–H and O–H groups in total. The van der Waals surface area contributed by atoms with Crippen molar-refractivity contribution >= 4 is 30.5 Å². The average molecular weight is 441 g/mol. The number of nitrogens with one attached hydrogen (secondary N) is 1. The largest absolute Gasteiger partial charge is 0.495 e. The maximum absolute atomic E-state index is 6.01. The molecule has 0 radical (unpaired) electrons. The van der Waals surface area contributed by atoms with Crippen LogP contribution in [0.5, 0.6) is 17.2 Å². The molecular formula is C22H30Cl2N2O3. The van der Waals surface area contributed by atoms with E-state index in [0.29, 0.717) is 12.5 Å². The zero-order valence-corrected chi connectivity index (χ0v) is 18.3. The van der Waals surface area contributed by atoms with E-state index in [2.05, 4.69) is 22.3 Å². The lowest BCUT2D eigenvalue weighted by molar-refractivity contribution is 0.0894. The van der Waals surface area contributed by atoms with E-state index in [0.717, 1.165) is 43.4 Å². The van der Waals surface area contributed by atoms with Crippen LogP contribution in [-0.4, -0.2) is 46.0 Å². The predicted molar refractivity (Wildman–Crippen MR) is 122 cm³/mol. The van der Waals surface area contributed by atoms with Crippen LogP contribution in [-0.2, 0) is 0 Å². The highest BCUT2D eigenvalue weighted by Gasteiger charge is 2.23. The highest BCUT2D eigenvalue weighted by atomic mass is 35.5. The normalized spacial score (nSPS) is 18.4. The van der Waals surface area contributed by atoms with Gasteiger partial charge in [-0.15, -0.1) is 24.8 Å². The summed E-state index contributed by atoms with van der Waals surface area (Å²) in [6, 6.07) is 16.2. The molecule has 2 aromatic carbocycles. The number of piperidine rings is 1. The Morgan fingerprint density at radius 1 is 0.966 bits per heavy atom. The van der Waals surface area contributed by atoms with E-state index in [1.165, 1.54) is 18.5 Å². The van der Waals surface area contributed by atoms with E-state index in [1.54, 1.807) is 7.11 Å². The van der Waals surface area contributed by atoms with E-state index in [9.17, 15) is 0 Å². The van der Waals surface area contributed by atoms with Gasteiger partial charge in [0.15, 0.2) is 11.5 Å². The second-order valence-electron chi connectivity index (χ2n) is 7.26. The first-order valence-electron chi connectivity index (χ1n) is 9.80. The van der Waals surface area contributed by atoms with Crippen molar-refractivity contribution in [2.24, 2.45) is 5.92 Å². The lowest BCUT2D eigenvalue weighted by Crippen LogP contribution is -2.42. The first-order valence-corrected chi connectivity index (χ1v) is 9.80. The summed E-state index contributed by atoms with van der Waals surface area (Å²) in [4.78, 5) is 2.43. The van der Waals surface area contributed by atoms with Gasteiger partial charge in [0.1, 0.15) is 18.5 Å². The number of fused-ring (bicyclic) bond motifs is 1. The van der Waals surface area contributed by atoms with Gasteiger partial charge in [-0.1, -0.05) is 24.3 Å². The van der Waals surface area contributed by atoms with Crippen LogP contribution >= 0.6 is 24.8 Å². The monoisotopic (exact) mass is 440 g/mol. The number of rotatable bonds is 6. The topological polar surface area (TPSA) is 43.0 Å². The van der Waals surface area contributed by atoms with Gasteiger partial charge in [-0.25, -0.2) is 0 Å². The molecule has 5 nitrogen and oxygen atoms in total. The maximum Gasteiger partial charge on any atom is 0.161 e. The van der Waals surface area contributed by atoms with Gasteiger partial charge in [0, 0.05) is 19.6 Å². The van der Waals surface area contributed by atoms with Gasteiger partial charge in [-0.3, -0.25) is 0 Å². The first kappa shape index (κ1) is 23.5. The molecule has 1 atom stereocenters. The smallest absolute Gasteiger partial charge is 0.161 e. The molecule has 0 aliphatic carbocycles. The summed E-state index contributed by atoms with van der Waals surface area (Å²) in [6.45, 7) is 4.60. The Bertz CT molecular complexity index is 754. The summed E-state index contributed by atoms with van der Waals surface area (Å²) in [7, 11) is 1.74. The summed E-state index contributed by atoms with van der Waals surface area (Å²) >= 11 is 0. The van der Waals surface area contributed by atoms with Crippen molar-refractivity contribution in [3.63, 3.8) is 0 Å². The minimum absolute atomic E-state index is 0. The molecule has 2 aliphatic rings. The molecule has 7 heteroatoms. The molecular weight excluding hydrogens is 411 g/mol. The summed E-state index contributed by atoms with van der Waals surface area (Å²) in [6.07, 6.45) is 2.46. The average Bonchev–Trinajstić information content (AvgIpc) is 2.74. The SMILES string of the molecule is COc1ccccc1N1CCC(CNCC2COc3ccccc3O2)CC1.Cl.Cl. The summed E-state index contributed by atoms with van der Waals surface area (Å²) in [5, 5.41) is 3.58. The lowest BCUT2D eigenvalue weighted by Gasteiger charge is -2.34. The molecule has 0 bridgehead atoms. The summed E-state index contributed by atoms with van der Waals surface area (Å²) in [5.41, 5.74) is 1.21. The molecule has 0 spiro atoms. The molecule has 2 aromatic rings. The van der Waals surface area contributed by atoms with Crippen LogP contribution in [0.2, 0.25) is 0 Å². The van der Waals surface area contributed by atoms with E-state index >= 15 is 0 Å². The molecule has 160 valence electrons. The third-order valence-electron chi connectivity index (χ3n) is 5.41. The predicted octanol–water partition coefficient (Wildman–Crippen LogP) is 4.18. The number of hydrogen-bond donors (Lipinski definition) is 1.